The minimum atomic E-state index is 0.446. The molecule has 1 aromatic carbocycles. The number of benzene rings is 1. The Hall–Kier alpha value is -1.44. The Bertz CT molecular complexity index is 288. The van der Waals surface area contributed by atoms with Crippen molar-refractivity contribution in [3.8, 4) is 0 Å². The molecule has 13 heavy (non-hydrogen) atoms. The van der Waals surface area contributed by atoms with Gasteiger partial charge in [-0.15, -0.1) is 0 Å². The van der Waals surface area contributed by atoms with E-state index in [2.05, 4.69) is 4.99 Å². The summed E-state index contributed by atoms with van der Waals surface area (Å²) < 4.78 is 0. The second-order valence-corrected chi connectivity index (χ2v) is 2.06. The average Bonchev–Trinajstić information content (AvgIpc) is 2.22. The summed E-state index contributed by atoms with van der Waals surface area (Å²) in [5, 5.41) is 6.65. The van der Waals surface area contributed by atoms with Crippen LogP contribution in [0.1, 0.15) is 19.4 Å². The van der Waals surface area contributed by atoms with Crippen LogP contribution in [0, 0.1) is 5.41 Å². The SMILES string of the molecule is CC.N=C=Nc1ccccc1CN. The zero-order valence-corrected chi connectivity index (χ0v) is 8.04. The van der Waals surface area contributed by atoms with Gasteiger partial charge in [-0.1, -0.05) is 32.0 Å². The van der Waals surface area contributed by atoms with Crippen molar-refractivity contribution in [3.05, 3.63) is 29.8 Å². The van der Waals surface area contributed by atoms with E-state index < -0.39 is 0 Å². The van der Waals surface area contributed by atoms with E-state index in [1.165, 1.54) is 0 Å². The lowest BCUT2D eigenvalue weighted by Gasteiger charge is -1.98. The third kappa shape index (κ3) is 3.65. The van der Waals surface area contributed by atoms with E-state index in [0.29, 0.717) is 6.54 Å². The van der Waals surface area contributed by atoms with Crippen LogP contribution in [0.5, 0.6) is 0 Å². The third-order valence-corrected chi connectivity index (χ3v) is 1.39. The van der Waals surface area contributed by atoms with Gasteiger partial charge in [0, 0.05) is 6.54 Å². The number of nitrogens with one attached hydrogen (secondary N) is 1. The maximum Gasteiger partial charge on any atom is 0.0918 e. The van der Waals surface area contributed by atoms with Gasteiger partial charge in [-0.05, 0) is 11.6 Å². The van der Waals surface area contributed by atoms with Crippen LogP contribution in [0.15, 0.2) is 29.3 Å². The minimum absolute atomic E-state index is 0.446. The molecule has 0 aliphatic rings. The molecule has 0 unspecified atom stereocenters. The molecule has 0 bridgehead atoms. The van der Waals surface area contributed by atoms with Crippen LogP contribution in [0.3, 0.4) is 0 Å². The van der Waals surface area contributed by atoms with E-state index in [1.807, 2.05) is 44.1 Å². The van der Waals surface area contributed by atoms with Crippen LogP contribution >= 0.6 is 0 Å². The van der Waals surface area contributed by atoms with Crippen LogP contribution in [0.2, 0.25) is 0 Å². The standard InChI is InChI=1S/C8H9N3.C2H6/c9-5-7-3-1-2-4-8(7)11-6-10;1-2/h1-4,10H,5,9H2;1-2H3. The molecule has 0 aromatic heterocycles. The van der Waals surface area contributed by atoms with Crippen LogP contribution < -0.4 is 5.73 Å². The summed E-state index contributed by atoms with van der Waals surface area (Å²) in [6, 6.07) is 9.42. The largest absolute Gasteiger partial charge is 0.326 e. The lowest BCUT2D eigenvalue weighted by molar-refractivity contribution is 1.07. The second kappa shape index (κ2) is 7.22. The summed E-state index contributed by atoms with van der Waals surface area (Å²) in [4.78, 5) is 3.71. The number of aliphatic imine (C=N–C) groups is 1. The topological polar surface area (TPSA) is 62.2 Å². The fraction of sp³-hybridized carbons (Fsp3) is 0.300. The van der Waals surface area contributed by atoms with Crippen molar-refractivity contribution in [3.63, 3.8) is 0 Å². The lowest BCUT2D eigenvalue weighted by Crippen LogP contribution is -1.95. The molecule has 0 fully saturated rings. The van der Waals surface area contributed by atoms with Gasteiger partial charge in [0.05, 0.1) is 11.7 Å². The van der Waals surface area contributed by atoms with Gasteiger partial charge >= 0.3 is 0 Å². The molecule has 0 radical (unpaired) electrons. The van der Waals surface area contributed by atoms with Gasteiger partial charge < -0.3 is 5.73 Å². The number of nitrogens with two attached hydrogens (primary N) is 1. The van der Waals surface area contributed by atoms with Gasteiger partial charge in [0.1, 0.15) is 0 Å². The summed E-state index contributed by atoms with van der Waals surface area (Å²) in [6.07, 6.45) is 0. The fourth-order valence-electron chi connectivity index (χ4n) is 0.853. The molecule has 0 spiro atoms. The molecule has 3 nitrogen and oxygen atoms in total. The molecule has 70 valence electrons. The molecule has 0 heterocycles. The van der Waals surface area contributed by atoms with Gasteiger partial charge in [-0.3, -0.25) is 0 Å². The smallest absolute Gasteiger partial charge is 0.0918 e. The highest BCUT2D eigenvalue weighted by atomic mass is 14.7. The van der Waals surface area contributed by atoms with Crippen LogP contribution in [0.25, 0.3) is 0 Å². The van der Waals surface area contributed by atoms with Gasteiger partial charge in [0.15, 0.2) is 0 Å². The van der Waals surface area contributed by atoms with Crippen molar-refractivity contribution < 1.29 is 0 Å². The average molecular weight is 177 g/mol. The fourth-order valence-corrected chi connectivity index (χ4v) is 0.853. The Balaban J connectivity index is 0.000000671. The van der Waals surface area contributed by atoms with E-state index in [0.717, 1.165) is 11.3 Å². The quantitative estimate of drug-likeness (QED) is 0.670. The molecule has 1 aromatic rings. The maximum absolute atomic E-state index is 6.65. The van der Waals surface area contributed by atoms with E-state index >= 15 is 0 Å². The van der Waals surface area contributed by atoms with Crippen LogP contribution in [-0.2, 0) is 6.54 Å². The van der Waals surface area contributed by atoms with Crippen molar-refractivity contribution in [1.29, 1.82) is 5.41 Å². The first-order valence-electron chi connectivity index (χ1n) is 4.29. The number of nitrogens with zero attached hydrogens (tertiary/aromatic N) is 1. The van der Waals surface area contributed by atoms with Crippen LogP contribution in [-0.4, -0.2) is 6.01 Å². The molecule has 3 N–H and O–H groups in total. The zero-order valence-electron chi connectivity index (χ0n) is 8.04. The van der Waals surface area contributed by atoms with Gasteiger partial charge in [0.2, 0.25) is 0 Å². The summed E-state index contributed by atoms with van der Waals surface area (Å²) in [5.41, 5.74) is 7.10. The Morgan fingerprint density at radius 2 is 2.00 bits per heavy atom. The molecule has 0 saturated carbocycles. The number of hydrogen-bond donors (Lipinski definition) is 2. The van der Waals surface area contributed by atoms with Gasteiger partial charge in [-0.25, -0.2) is 5.41 Å². The van der Waals surface area contributed by atoms with Gasteiger partial charge in [-0.2, -0.15) is 4.99 Å². The van der Waals surface area contributed by atoms with Crippen LogP contribution in [0.4, 0.5) is 5.69 Å². The van der Waals surface area contributed by atoms with Gasteiger partial charge in [0.25, 0.3) is 0 Å². The number of hydrogen-bond acceptors (Lipinski definition) is 3. The molecular weight excluding hydrogens is 162 g/mol. The summed E-state index contributed by atoms with van der Waals surface area (Å²) in [6.45, 7) is 4.45. The molecular formula is C10H15N3. The number of rotatable bonds is 2. The number of para-hydroxylation sites is 1. The summed E-state index contributed by atoms with van der Waals surface area (Å²) in [5.74, 6) is 0. The monoisotopic (exact) mass is 177 g/mol. The molecule has 0 aliphatic heterocycles. The molecule has 0 aliphatic carbocycles. The highest BCUT2D eigenvalue weighted by Crippen LogP contribution is 2.16. The van der Waals surface area contributed by atoms with E-state index in [-0.39, 0.29) is 0 Å². The van der Waals surface area contributed by atoms with Crippen molar-refractivity contribution >= 4 is 11.7 Å². The highest BCUT2D eigenvalue weighted by molar-refractivity contribution is 5.54. The van der Waals surface area contributed by atoms with E-state index in [9.17, 15) is 0 Å². The Labute approximate surface area is 78.8 Å². The highest BCUT2D eigenvalue weighted by Gasteiger charge is 1.94. The molecule has 3 heteroatoms. The maximum atomic E-state index is 6.65. The first-order valence-corrected chi connectivity index (χ1v) is 4.29. The Kier molecular flexibility index (Phi) is 6.42. The lowest BCUT2D eigenvalue weighted by atomic mass is 10.2. The van der Waals surface area contributed by atoms with E-state index in [1.54, 1.807) is 0 Å². The molecule has 0 saturated heterocycles. The van der Waals surface area contributed by atoms with Crippen molar-refractivity contribution in [1.82, 2.24) is 0 Å². The third-order valence-electron chi connectivity index (χ3n) is 1.39. The van der Waals surface area contributed by atoms with Crippen molar-refractivity contribution in [2.24, 2.45) is 10.7 Å². The molecule has 1 rings (SSSR count). The first-order chi connectivity index (χ1) is 6.38. The Morgan fingerprint density at radius 1 is 1.38 bits per heavy atom. The van der Waals surface area contributed by atoms with Crippen molar-refractivity contribution in [2.45, 2.75) is 20.4 Å². The van der Waals surface area contributed by atoms with E-state index in [4.69, 9.17) is 11.1 Å². The first kappa shape index (κ1) is 11.6. The predicted octanol–water partition coefficient (Wildman–Crippen LogP) is 2.56. The minimum Gasteiger partial charge on any atom is -0.326 e. The summed E-state index contributed by atoms with van der Waals surface area (Å²) in [7, 11) is 0. The van der Waals surface area contributed by atoms with Crippen molar-refractivity contribution in [2.75, 3.05) is 0 Å². The normalized spacial score (nSPS) is 7.92. The second-order valence-electron chi connectivity index (χ2n) is 2.06. The molecule has 0 amide bonds. The zero-order chi connectivity index (χ0) is 10.1. The summed E-state index contributed by atoms with van der Waals surface area (Å²) >= 11 is 0. The predicted molar refractivity (Wildman–Crippen MR) is 55.5 cm³/mol. The Morgan fingerprint density at radius 3 is 2.54 bits per heavy atom. The molecule has 0 atom stereocenters.